The summed E-state index contributed by atoms with van der Waals surface area (Å²) >= 11 is 0. The summed E-state index contributed by atoms with van der Waals surface area (Å²) in [7, 11) is 0. The van der Waals surface area contributed by atoms with Crippen molar-refractivity contribution < 1.29 is 15.0 Å². The smallest absolute Gasteiger partial charge is 0.144 e. The van der Waals surface area contributed by atoms with E-state index in [1.807, 2.05) is 0 Å². The lowest BCUT2D eigenvalue weighted by Gasteiger charge is -2.58. The predicted octanol–water partition coefficient (Wildman–Crippen LogP) is 0.489. The van der Waals surface area contributed by atoms with Gasteiger partial charge in [0.05, 0.1) is 17.6 Å². The summed E-state index contributed by atoms with van der Waals surface area (Å²) in [5.74, 6) is 0.728. The van der Waals surface area contributed by atoms with Gasteiger partial charge in [-0.1, -0.05) is 0 Å². The van der Waals surface area contributed by atoms with Crippen molar-refractivity contribution in [1.82, 2.24) is 0 Å². The Labute approximate surface area is 83.1 Å². The average molecular weight is 196 g/mol. The minimum absolute atomic E-state index is 0.0356. The van der Waals surface area contributed by atoms with Gasteiger partial charge in [0.2, 0.25) is 0 Å². The van der Waals surface area contributed by atoms with Crippen molar-refractivity contribution in [1.29, 1.82) is 0 Å². The quantitative estimate of drug-likeness (QED) is 0.641. The van der Waals surface area contributed by atoms with Gasteiger partial charge in [0.25, 0.3) is 0 Å². The fourth-order valence-corrected chi connectivity index (χ4v) is 4.22. The molecule has 4 saturated carbocycles. The molecule has 0 aliphatic heterocycles. The number of ketones is 1. The fraction of sp³-hybridized carbons (Fsp3) is 0.909. The number of rotatable bonds is 1. The first-order valence-corrected chi connectivity index (χ1v) is 5.45. The van der Waals surface area contributed by atoms with Crippen molar-refractivity contribution in [3.8, 4) is 0 Å². The van der Waals surface area contributed by atoms with Crippen LogP contribution in [0, 0.1) is 17.3 Å². The second-order valence-electron chi connectivity index (χ2n) is 5.61. The lowest BCUT2D eigenvalue weighted by molar-refractivity contribution is -0.186. The third kappa shape index (κ3) is 0.920. The van der Waals surface area contributed by atoms with E-state index in [1.165, 1.54) is 0 Å². The van der Waals surface area contributed by atoms with Crippen molar-refractivity contribution in [3.63, 3.8) is 0 Å². The summed E-state index contributed by atoms with van der Waals surface area (Å²) < 4.78 is 0. The molecule has 0 saturated heterocycles. The molecule has 0 aromatic heterocycles. The number of aliphatic hydroxyl groups is 2. The highest BCUT2D eigenvalue weighted by Gasteiger charge is 2.61. The van der Waals surface area contributed by atoms with E-state index in [2.05, 4.69) is 0 Å². The third-order valence-electron chi connectivity index (χ3n) is 4.46. The topological polar surface area (TPSA) is 57.5 Å². The Morgan fingerprint density at radius 1 is 1.36 bits per heavy atom. The first-order chi connectivity index (χ1) is 6.57. The molecule has 4 unspecified atom stereocenters. The van der Waals surface area contributed by atoms with Gasteiger partial charge in [-0.3, -0.25) is 4.79 Å². The molecule has 0 aromatic carbocycles. The highest BCUT2D eigenvalue weighted by Crippen LogP contribution is 2.59. The predicted molar refractivity (Wildman–Crippen MR) is 49.5 cm³/mol. The molecule has 2 N–H and O–H groups in total. The summed E-state index contributed by atoms with van der Waals surface area (Å²) in [4.78, 5) is 12.0. The highest BCUT2D eigenvalue weighted by atomic mass is 16.3. The average Bonchev–Trinajstić information content (AvgIpc) is 2.11. The Bertz CT molecular complexity index is 301. The SMILES string of the molecule is O=C1C2CC3CC(O)(C2)CC1(CO)C3. The van der Waals surface area contributed by atoms with Crippen molar-refractivity contribution >= 4 is 5.78 Å². The monoisotopic (exact) mass is 196 g/mol. The van der Waals surface area contributed by atoms with Crippen LogP contribution in [-0.4, -0.2) is 28.2 Å². The van der Waals surface area contributed by atoms with Crippen molar-refractivity contribution in [2.75, 3.05) is 6.61 Å². The van der Waals surface area contributed by atoms with Gasteiger partial charge in [0, 0.05) is 5.92 Å². The molecule has 0 amide bonds. The molecular formula is C11H16O3. The van der Waals surface area contributed by atoms with Crippen LogP contribution < -0.4 is 0 Å². The van der Waals surface area contributed by atoms with Crippen molar-refractivity contribution in [2.24, 2.45) is 17.3 Å². The molecule has 78 valence electrons. The number of Topliss-reactive ketones (excluding diaryl/α,β-unsaturated/α-hetero) is 1. The standard InChI is InChI=1S/C11H16O3/c12-6-10-2-7-1-8(9(10)13)4-11(14,3-7)5-10/h7-8,12,14H,1-6H2. The van der Waals surface area contributed by atoms with E-state index in [-0.39, 0.29) is 18.3 Å². The summed E-state index contributed by atoms with van der Waals surface area (Å²) in [5.41, 5.74) is -1.21. The second kappa shape index (κ2) is 2.39. The van der Waals surface area contributed by atoms with Gasteiger partial charge in [-0.05, 0) is 38.0 Å². The van der Waals surface area contributed by atoms with Crippen LogP contribution in [0.5, 0.6) is 0 Å². The summed E-state index contributed by atoms with van der Waals surface area (Å²) in [6, 6.07) is 0. The third-order valence-corrected chi connectivity index (χ3v) is 4.46. The van der Waals surface area contributed by atoms with Crippen molar-refractivity contribution in [3.05, 3.63) is 0 Å². The molecule has 4 aliphatic rings. The van der Waals surface area contributed by atoms with E-state index >= 15 is 0 Å². The number of hydrogen-bond donors (Lipinski definition) is 2. The zero-order chi connectivity index (χ0) is 9.97. The number of hydrogen-bond acceptors (Lipinski definition) is 3. The van der Waals surface area contributed by atoms with Crippen LogP contribution in [0.3, 0.4) is 0 Å². The second-order valence-corrected chi connectivity index (χ2v) is 5.61. The molecule has 3 nitrogen and oxygen atoms in total. The van der Waals surface area contributed by atoms with Gasteiger partial charge >= 0.3 is 0 Å². The minimum atomic E-state index is -0.636. The summed E-state index contributed by atoms with van der Waals surface area (Å²) in [5, 5.41) is 19.6. The van der Waals surface area contributed by atoms with Gasteiger partial charge in [-0.25, -0.2) is 0 Å². The molecule has 14 heavy (non-hydrogen) atoms. The van der Waals surface area contributed by atoms with Gasteiger partial charge < -0.3 is 10.2 Å². The fourth-order valence-electron chi connectivity index (χ4n) is 4.22. The molecule has 4 atom stereocenters. The maximum Gasteiger partial charge on any atom is 0.144 e. The molecule has 0 heterocycles. The number of carbonyl (C=O) groups excluding carboxylic acids is 1. The normalized spacial score (nSPS) is 55.4. The molecule has 0 radical (unpaired) electrons. The summed E-state index contributed by atoms with van der Waals surface area (Å²) in [6.45, 7) is -0.0683. The van der Waals surface area contributed by atoms with Gasteiger partial charge in [0.15, 0.2) is 0 Å². The van der Waals surface area contributed by atoms with Crippen LogP contribution >= 0.6 is 0 Å². The lowest BCUT2D eigenvalue weighted by atomic mass is 9.47. The molecule has 3 heteroatoms. The van der Waals surface area contributed by atoms with Crippen LogP contribution in [0.2, 0.25) is 0 Å². The van der Waals surface area contributed by atoms with Crippen LogP contribution in [0.15, 0.2) is 0 Å². The molecule has 4 aliphatic carbocycles. The molecule has 4 rings (SSSR count). The van der Waals surface area contributed by atoms with Crippen molar-refractivity contribution in [2.45, 2.75) is 37.7 Å². The van der Waals surface area contributed by atoms with E-state index < -0.39 is 11.0 Å². The first kappa shape index (κ1) is 8.86. The van der Waals surface area contributed by atoms with Crippen LogP contribution in [0.25, 0.3) is 0 Å². The molecule has 0 aromatic rings. The summed E-state index contributed by atoms with van der Waals surface area (Å²) in [6.07, 6.45) is 3.75. The molecule has 4 fully saturated rings. The first-order valence-electron chi connectivity index (χ1n) is 5.45. The van der Waals surface area contributed by atoms with Crippen LogP contribution in [0.1, 0.15) is 32.1 Å². The van der Waals surface area contributed by atoms with E-state index in [0.29, 0.717) is 18.8 Å². The molecule has 4 bridgehead atoms. The van der Waals surface area contributed by atoms with E-state index in [1.54, 1.807) is 0 Å². The van der Waals surface area contributed by atoms with Crippen LogP contribution in [-0.2, 0) is 4.79 Å². The Balaban J connectivity index is 2.04. The minimum Gasteiger partial charge on any atom is -0.395 e. The number of carbonyl (C=O) groups is 1. The molecule has 0 spiro atoms. The maximum atomic E-state index is 12.0. The Morgan fingerprint density at radius 2 is 2.14 bits per heavy atom. The zero-order valence-corrected chi connectivity index (χ0v) is 8.20. The zero-order valence-electron chi connectivity index (χ0n) is 8.20. The maximum absolute atomic E-state index is 12.0. The lowest BCUT2D eigenvalue weighted by Crippen LogP contribution is -2.62. The Hall–Kier alpha value is -0.410. The van der Waals surface area contributed by atoms with Gasteiger partial charge in [-0.2, -0.15) is 0 Å². The Kier molecular flexibility index (Phi) is 1.51. The highest BCUT2D eigenvalue weighted by molar-refractivity contribution is 5.89. The van der Waals surface area contributed by atoms with E-state index in [4.69, 9.17) is 0 Å². The van der Waals surface area contributed by atoms with E-state index in [9.17, 15) is 15.0 Å². The Morgan fingerprint density at radius 3 is 2.79 bits per heavy atom. The largest absolute Gasteiger partial charge is 0.395 e. The molecular weight excluding hydrogens is 180 g/mol. The number of aliphatic hydroxyl groups excluding tert-OH is 1. The van der Waals surface area contributed by atoms with Gasteiger partial charge in [0.1, 0.15) is 5.78 Å². The van der Waals surface area contributed by atoms with Gasteiger partial charge in [-0.15, -0.1) is 0 Å². The van der Waals surface area contributed by atoms with E-state index in [0.717, 1.165) is 19.3 Å². The van der Waals surface area contributed by atoms with Crippen LogP contribution in [0.4, 0.5) is 0 Å².